The zero-order chi connectivity index (χ0) is 18.1. The van der Waals surface area contributed by atoms with Crippen LogP contribution in [0.5, 0.6) is 5.88 Å². The lowest BCUT2D eigenvalue weighted by atomic mass is 9.97. The number of esters is 1. The number of carbonyl (C=O) groups is 1. The Morgan fingerprint density at radius 3 is 2.46 bits per heavy atom. The number of alkyl halides is 1. The number of benzene rings is 1. The summed E-state index contributed by atoms with van der Waals surface area (Å²) in [6.07, 6.45) is 0. The monoisotopic (exact) mass is 388 g/mol. The van der Waals surface area contributed by atoms with Crippen molar-refractivity contribution in [2.75, 3.05) is 5.88 Å². The quantitative estimate of drug-likeness (QED) is 0.503. The molecule has 0 N–H and O–H groups in total. The smallest absolute Gasteiger partial charge is 0.319 e. The molecule has 0 atom stereocenters. The Kier molecular flexibility index (Phi) is 5.84. The Morgan fingerprint density at radius 1 is 1.25 bits per heavy atom. The van der Waals surface area contributed by atoms with Crippen molar-refractivity contribution in [2.24, 2.45) is 5.41 Å². The van der Waals surface area contributed by atoms with Gasteiger partial charge in [-0.3, -0.25) is 4.79 Å². The lowest BCUT2D eigenvalue weighted by Gasteiger charge is -2.19. The second-order valence-electron chi connectivity index (χ2n) is 6.48. The van der Waals surface area contributed by atoms with Crippen molar-refractivity contribution in [3.05, 3.63) is 40.0 Å². The van der Waals surface area contributed by atoms with Crippen molar-refractivity contribution in [3.8, 4) is 11.6 Å². The largest absolute Gasteiger partial charge is 0.407 e. The third-order valence-corrected chi connectivity index (χ3v) is 4.93. The summed E-state index contributed by atoms with van der Waals surface area (Å²) in [4.78, 5) is 12.4. The van der Waals surface area contributed by atoms with Crippen molar-refractivity contribution >= 4 is 40.8 Å². The van der Waals surface area contributed by atoms with Crippen LogP contribution in [0.1, 0.15) is 39.3 Å². The molecule has 7 heteroatoms. The normalized spacial score (nSPS) is 11.8. The molecule has 0 aliphatic carbocycles. The number of halogens is 3. The van der Waals surface area contributed by atoms with Gasteiger partial charge in [-0.15, -0.1) is 11.6 Å². The van der Waals surface area contributed by atoms with Crippen molar-refractivity contribution < 1.29 is 9.53 Å². The van der Waals surface area contributed by atoms with E-state index in [-0.39, 0.29) is 11.8 Å². The number of hydrogen-bond donors (Lipinski definition) is 0. The van der Waals surface area contributed by atoms with Crippen LogP contribution in [0.2, 0.25) is 10.0 Å². The lowest BCUT2D eigenvalue weighted by molar-refractivity contribution is -0.143. The summed E-state index contributed by atoms with van der Waals surface area (Å²) < 4.78 is 7.10. The molecule has 1 aromatic carbocycles. The van der Waals surface area contributed by atoms with E-state index in [0.717, 1.165) is 5.69 Å². The third kappa shape index (κ3) is 4.05. The Hall–Kier alpha value is -1.23. The van der Waals surface area contributed by atoms with E-state index in [4.69, 9.17) is 39.5 Å². The van der Waals surface area contributed by atoms with E-state index in [9.17, 15) is 4.79 Å². The van der Waals surface area contributed by atoms with E-state index < -0.39 is 11.4 Å². The minimum atomic E-state index is -0.799. The maximum Gasteiger partial charge on any atom is 0.319 e. The minimum Gasteiger partial charge on any atom is -0.407 e. The highest BCUT2D eigenvalue weighted by molar-refractivity contribution is 6.42. The van der Waals surface area contributed by atoms with Crippen LogP contribution in [0.4, 0.5) is 0 Å². The van der Waals surface area contributed by atoms with Crippen LogP contribution in [0.15, 0.2) is 24.3 Å². The average Bonchev–Trinajstić information content (AvgIpc) is 2.94. The predicted octanol–water partition coefficient (Wildman–Crippen LogP) is 5.47. The van der Waals surface area contributed by atoms with Crippen LogP contribution in [-0.4, -0.2) is 21.6 Å². The van der Waals surface area contributed by atoms with Gasteiger partial charge in [-0.1, -0.05) is 37.0 Å². The van der Waals surface area contributed by atoms with Crippen LogP contribution in [0.3, 0.4) is 0 Å². The van der Waals surface area contributed by atoms with Gasteiger partial charge >= 0.3 is 5.97 Å². The van der Waals surface area contributed by atoms with Crippen LogP contribution in [0.25, 0.3) is 5.69 Å². The first kappa shape index (κ1) is 19.1. The number of aromatic nitrogens is 2. The molecule has 0 radical (unpaired) electrons. The second-order valence-corrected chi connectivity index (χ2v) is 7.56. The van der Waals surface area contributed by atoms with E-state index in [1.165, 1.54) is 0 Å². The van der Waals surface area contributed by atoms with Crippen LogP contribution >= 0.6 is 34.8 Å². The molecule has 0 unspecified atom stereocenters. The molecule has 1 aromatic heterocycles. The van der Waals surface area contributed by atoms with Gasteiger partial charge in [-0.25, -0.2) is 4.68 Å². The molecule has 0 fully saturated rings. The Morgan fingerprint density at radius 2 is 1.92 bits per heavy atom. The van der Waals surface area contributed by atoms with Crippen LogP contribution in [-0.2, 0) is 4.79 Å². The SMILES string of the molecule is CC(C)c1cc(OC(=O)C(C)(C)CCl)n(-c2ccc(Cl)c(Cl)c2)n1. The topological polar surface area (TPSA) is 44.1 Å². The number of carbonyl (C=O) groups excluding carboxylic acids is 1. The van der Waals surface area contributed by atoms with Gasteiger partial charge in [0.15, 0.2) is 0 Å². The summed E-state index contributed by atoms with van der Waals surface area (Å²) in [5, 5.41) is 5.36. The fourth-order valence-electron chi connectivity index (χ4n) is 1.83. The van der Waals surface area contributed by atoms with E-state index in [1.807, 2.05) is 13.8 Å². The Balaban J connectivity index is 2.47. The van der Waals surface area contributed by atoms with Gasteiger partial charge < -0.3 is 4.74 Å². The minimum absolute atomic E-state index is 0.157. The van der Waals surface area contributed by atoms with Crippen molar-refractivity contribution in [1.82, 2.24) is 9.78 Å². The van der Waals surface area contributed by atoms with Crippen molar-refractivity contribution in [2.45, 2.75) is 33.6 Å². The lowest BCUT2D eigenvalue weighted by Crippen LogP contribution is -2.31. The Bertz CT molecular complexity index is 754. The summed E-state index contributed by atoms with van der Waals surface area (Å²) in [6, 6.07) is 6.85. The number of ether oxygens (including phenoxy) is 1. The highest BCUT2D eigenvalue weighted by atomic mass is 35.5. The zero-order valence-electron chi connectivity index (χ0n) is 13.9. The number of rotatable bonds is 5. The number of hydrogen-bond acceptors (Lipinski definition) is 3. The van der Waals surface area contributed by atoms with Gasteiger partial charge in [0.25, 0.3) is 0 Å². The molecule has 0 aliphatic rings. The summed E-state index contributed by atoms with van der Waals surface area (Å²) in [6.45, 7) is 7.47. The Labute approximate surface area is 156 Å². The molecule has 0 amide bonds. The van der Waals surface area contributed by atoms with Crippen molar-refractivity contribution in [3.63, 3.8) is 0 Å². The molecular formula is C17H19Cl3N2O2. The average molecular weight is 390 g/mol. The van der Waals surface area contributed by atoms with Crippen molar-refractivity contribution in [1.29, 1.82) is 0 Å². The van der Waals surface area contributed by atoms with Gasteiger partial charge in [-0.2, -0.15) is 5.10 Å². The fourth-order valence-corrected chi connectivity index (χ4v) is 2.23. The van der Waals surface area contributed by atoms with Crippen LogP contribution < -0.4 is 4.74 Å². The predicted molar refractivity (Wildman–Crippen MR) is 97.8 cm³/mol. The molecular weight excluding hydrogens is 371 g/mol. The maximum absolute atomic E-state index is 12.4. The third-order valence-electron chi connectivity index (χ3n) is 3.52. The standard InChI is InChI=1S/C17H19Cl3N2O2/c1-10(2)14-8-15(24-16(23)17(3,4)9-18)22(21-14)11-5-6-12(19)13(20)7-11/h5-8,10H,9H2,1-4H3. The molecule has 0 aliphatic heterocycles. The second kappa shape index (κ2) is 7.34. The maximum atomic E-state index is 12.4. The first-order valence-electron chi connectivity index (χ1n) is 7.49. The van der Waals surface area contributed by atoms with E-state index in [2.05, 4.69) is 5.10 Å². The molecule has 0 saturated carbocycles. The van der Waals surface area contributed by atoms with E-state index >= 15 is 0 Å². The summed E-state index contributed by atoms with van der Waals surface area (Å²) in [7, 11) is 0. The van der Waals surface area contributed by atoms with Crippen LogP contribution in [0, 0.1) is 5.41 Å². The molecule has 4 nitrogen and oxygen atoms in total. The fraction of sp³-hybridized carbons (Fsp3) is 0.412. The van der Waals surface area contributed by atoms with E-state index in [0.29, 0.717) is 21.6 Å². The zero-order valence-corrected chi connectivity index (χ0v) is 16.2. The molecule has 2 aromatic rings. The van der Waals surface area contributed by atoms with Gasteiger partial charge in [0.2, 0.25) is 5.88 Å². The molecule has 0 saturated heterocycles. The van der Waals surface area contributed by atoms with Gasteiger partial charge in [-0.05, 0) is 38.0 Å². The highest BCUT2D eigenvalue weighted by Gasteiger charge is 2.30. The first-order chi connectivity index (χ1) is 11.2. The van der Waals surface area contributed by atoms with E-state index in [1.54, 1.807) is 42.8 Å². The number of nitrogens with zero attached hydrogens (tertiary/aromatic N) is 2. The molecule has 24 heavy (non-hydrogen) atoms. The highest BCUT2D eigenvalue weighted by Crippen LogP contribution is 2.30. The summed E-state index contributed by atoms with van der Waals surface area (Å²) in [5.41, 5.74) is 0.655. The van der Waals surface area contributed by atoms with Gasteiger partial charge in [0.1, 0.15) is 0 Å². The molecule has 0 bridgehead atoms. The van der Waals surface area contributed by atoms with Gasteiger partial charge in [0.05, 0.1) is 26.8 Å². The molecule has 1 heterocycles. The summed E-state index contributed by atoms with van der Waals surface area (Å²) in [5.74, 6) is 0.228. The first-order valence-corrected chi connectivity index (χ1v) is 8.78. The molecule has 2 rings (SSSR count). The molecule has 0 spiro atoms. The van der Waals surface area contributed by atoms with Gasteiger partial charge in [0, 0.05) is 11.9 Å². The molecule has 130 valence electrons. The summed E-state index contributed by atoms with van der Waals surface area (Å²) >= 11 is 17.9.